The van der Waals surface area contributed by atoms with Gasteiger partial charge in [0.2, 0.25) is 5.91 Å². The number of rotatable bonds is 5. The van der Waals surface area contributed by atoms with E-state index in [2.05, 4.69) is 12.1 Å². The van der Waals surface area contributed by atoms with Gasteiger partial charge in [-0.2, -0.15) is 0 Å². The van der Waals surface area contributed by atoms with Crippen LogP contribution in [0.3, 0.4) is 0 Å². The Bertz CT molecular complexity index is 1020. The number of fused-ring (bicyclic) bond motifs is 1. The normalized spacial score (nSPS) is 15.8. The topological polar surface area (TPSA) is 29.5 Å². The minimum atomic E-state index is -0.171. The average Bonchev–Trinajstić information content (AvgIpc) is 2.74. The van der Waals surface area contributed by atoms with Gasteiger partial charge in [-0.3, -0.25) is 4.79 Å². The van der Waals surface area contributed by atoms with Crippen LogP contribution in [0.15, 0.2) is 72.8 Å². The molecule has 1 unspecified atom stereocenters. The van der Waals surface area contributed by atoms with E-state index in [4.69, 9.17) is 27.9 Å². The monoisotopic (exact) mass is 425 g/mol. The van der Waals surface area contributed by atoms with Crippen LogP contribution in [0, 0.1) is 0 Å². The van der Waals surface area contributed by atoms with Gasteiger partial charge >= 0.3 is 0 Å². The summed E-state index contributed by atoms with van der Waals surface area (Å²) < 4.78 is 5.71. The van der Waals surface area contributed by atoms with Crippen molar-refractivity contribution < 1.29 is 9.53 Å². The fourth-order valence-electron chi connectivity index (χ4n) is 3.82. The third-order valence-electron chi connectivity index (χ3n) is 5.21. The Morgan fingerprint density at radius 3 is 2.62 bits per heavy atom. The van der Waals surface area contributed by atoms with Crippen LogP contribution in [0.4, 0.5) is 0 Å². The van der Waals surface area contributed by atoms with E-state index < -0.39 is 0 Å². The molecule has 5 heteroatoms. The molecule has 3 nitrogen and oxygen atoms in total. The van der Waals surface area contributed by atoms with Crippen molar-refractivity contribution in [1.82, 2.24) is 4.90 Å². The molecule has 1 amide bonds. The van der Waals surface area contributed by atoms with Gasteiger partial charge in [0.15, 0.2) is 0 Å². The Morgan fingerprint density at radius 2 is 1.79 bits per heavy atom. The van der Waals surface area contributed by atoms with Crippen LogP contribution < -0.4 is 0 Å². The van der Waals surface area contributed by atoms with E-state index in [0.717, 1.165) is 23.1 Å². The zero-order chi connectivity index (χ0) is 20.2. The van der Waals surface area contributed by atoms with Crippen molar-refractivity contribution in [2.45, 2.75) is 19.1 Å². The predicted octanol–water partition coefficient (Wildman–Crippen LogP) is 5.68. The second kappa shape index (κ2) is 9.00. The highest BCUT2D eigenvalue weighted by atomic mass is 35.5. The molecular formula is C24H21Cl2NO2. The van der Waals surface area contributed by atoms with Gasteiger partial charge < -0.3 is 9.64 Å². The zero-order valence-electron chi connectivity index (χ0n) is 15.9. The van der Waals surface area contributed by atoms with Crippen molar-refractivity contribution in [3.05, 3.63) is 105 Å². The number of carbonyl (C=O) groups is 1. The number of ether oxygens (including phenoxy) is 1. The molecule has 0 saturated carbocycles. The summed E-state index contributed by atoms with van der Waals surface area (Å²) >= 11 is 12.4. The third kappa shape index (κ3) is 4.48. The molecule has 0 radical (unpaired) electrons. The lowest BCUT2D eigenvalue weighted by atomic mass is 9.88. The van der Waals surface area contributed by atoms with Crippen LogP contribution in [0.25, 0.3) is 0 Å². The molecule has 0 bridgehead atoms. The molecule has 4 rings (SSSR count). The van der Waals surface area contributed by atoms with E-state index in [1.807, 2.05) is 65.6 Å². The standard InChI is InChI=1S/C24H21Cl2NO2/c25-20-9-5-8-18(14-20)24-21-10-3-1-6-17(21)12-13-27(24)23(28)16-29-15-19-7-2-4-11-22(19)26/h1-11,14,24H,12-13,15-16H2. The zero-order valence-corrected chi connectivity index (χ0v) is 17.4. The molecule has 0 N–H and O–H groups in total. The van der Waals surface area contributed by atoms with E-state index in [1.54, 1.807) is 0 Å². The molecule has 3 aromatic rings. The second-order valence-electron chi connectivity index (χ2n) is 7.08. The predicted molar refractivity (Wildman–Crippen MR) is 116 cm³/mol. The smallest absolute Gasteiger partial charge is 0.249 e. The minimum Gasteiger partial charge on any atom is -0.367 e. The molecule has 1 aliphatic rings. The molecule has 0 aliphatic carbocycles. The van der Waals surface area contributed by atoms with Gasteiger partial charge in [-0.25, -0.2) is 0 Å². The molecule has 1 aliphatic heterocycles. The van der Waals surface area contributed by atoms with Gasteiger partial charge in [0.25, 0.3) is 0 Å². The summed E-state index contributed by atoms with van der Waals surface area (Å²) in [6.07, 6.45) is 0.823. The van der Waals surface area contributed by atoms with Gasteiger partial charge in [0, 0.05) is 16.6 Å². The van der Waals surface area contributed by atoms with Crippen molar-refractivity contribution in [1.29, 1.82) is 0 Å². The van der Waals surface area contributed by atoms with E-state index in [0.29, 0.717) is 23.2 Å². The van der Waals surface area contributed by atoms with E-state index in [1.165, 1.54) is 5.56 Å². The fraction of sp³-hybridized carbons (Fsp3) is 0.208. The van der Waals surface area contributed by atoms with Gasteiger partial charge in [0.05, 0.1) is 12.6 Å². The number of hydrogen-bond donors (Lipinski definition) is 0. The number of benzene rings is 3. The summed E-state index contributed by atoms with van der Waals surface area (Å²) in [4.78, 5) is 15.0. The van der Waals surface area contributed by atoms with Crippen LogP contribution in [0.1, 0.15) is 28.3 Å². The molecule has 0 spiro atoms. The number of hydrogen-bond acceptors (Lipinski definition) is 2. The number of amides is 1. The largest absolute Gasteiger partial charge is 0.367 e. The third-order valence-corrected chi connectivity index (χ3v) is 5.81. The minimum absolute atomic E-state index is 0.00442. The van der Waals surface area contributed by atoms with Gasteiger partial charge in [-0.05, 0) is 46.9 Å². The molecule has 3 aromatic carbocycles. The molecule has 0 saturated heterocycles. The lowest BCUT2D eigenvalue weighted by Crippen LogP contribution is -2.42. The molecule has 1 atom stereocenters. The van der Waals surface area contributed by atoms with Crippen molar-refractivity contribution in [3.63, 3.8) is 0 Å². The Balaban J connectivity index is 1.55. The van der Waals surface area contributed by atoms with Gasteiger partial charge in [0.1, 0.15) is 6.61 Å². The molecular weight excluding hydrogens is 405 g/mol. The van der Waals surface area contributed by atoms with Gasteiger partial charge in [-0.1, -0.05) is 77.8 Å². The maximum Gasteiger partial charge on any atom is 0.249 e. The Hall–Kier alpha value is -2.33. The summed E-state index contributed by atoms with van der Waals surface area (Å²) in [6.45, 7) is 0.949. The van der Waals surface area contributed by atoms with Crippen molar-refractivity contribution in [3.8, 4) is 0 Å². The quantitative estimate of drug-likeness (QED) is 0.525. The highest BCUT2D eigenvalue weighted by molar-refractivity contribution is 6.31. The van der Waals surface area contributed by atoms with Crippen molar-refractivity contribution in [2.75, 3.05) is 13.2 Å². The molecule has 0 aromatic heterocycles. The van der Waals surface area contributed by atoms with E-state index in [-0.39, 0.29) is 18.6 Å². The lowest BCUT2D eigenvalue weighted by molar-refractivity contribution is -0.138. The molecule has 0 fully saturated rings. The highest BCUT2D eigenvalue weighted by Gasteiger charge is 2.31. The first-order valence-electron chi connectivity index (χ1n) is 9.57. The Labute approximate surface area is 180 Å². The first-order valence-corrected chi connectivity index (χ1v) is 10.3. The maximum absolute atomic E-state index is 13.1. The first kappa shape index (κ1) is 20.0. The van der Waals surface area contributed by atoms with E-state index >= 15 is 0 Å². The molecule has 29 heavy (non-hydrogen) atoms. The van der Waals surface area contributed by atoms with Crippen LogP contribution in [0.5, 0.6) is 0 Å². The highest BCUT2D eigenvalue weighted by Crippen LogP contribution is 2.36. The SMILES string of the molecule is O=C(COCc1ccccc1Cl)N1CCc2ccccc2C1c1cccc(Cl)c1. The van der Waals surface area contributed by atoms with Crippen LogP contribution in [0.2, 0.25) is 10.0 Å². The Kier molecular flexibility index (Phi) is 6.19. The average molecular weight is 426 g/mol. The Morgan fingerprint density at radius 1 is 1.00 bits per heavy atom. The van der Waals surface area contributed by atoms with E-state index in [9.17, 15) is 4.79 Å². The summed E-state index contributed by atoms with van der Waals surface area (Å²) in [5.41, 5.74) is 4.28. The first-order chi connectivity index (χ1) is 14.1. The molecule has 148 valence electrons. The number of halogens is 2. The van der Waals surface area contributed by atoms with Crippen LogP contribution in [-0.2, 0) is 22.6 Å². The van der Waals surface area contributed by atoms with Crippen molar-refractivity contribution >= 4 is 29.1 Å². The van der Waals surface area contributed by atoms with Crippen molar-refractivity contribution in [2.24, 2.45) is 0 Å². The maximum atomic E-state index is 13.1. The summed E-state index contributed by atoms with van der Waals surface area (Å²) in [6, 6.07) is 23.3. The summed E-state index contributed by atoms with van der Waals surface area (Å²) in [7, 11) is 0. The molecule has 1 heterocycles. The summed E-state index contributed by atoms with van der Waals surface area (Å²) in [5, 5.41) is 1.30. The fourth-order valence-corrected chi connectivity index (χ4v) is 4.21. The number of carbonyl (C=O) groups excluding carboxylic acids is 1. The van der Waals surface area contributed by atoms with Crippen LogP contribution >= 0.6 is 23.2 Å². The number of nitrogens with zero attached hydrogens (tertiary/aromatic N) is 1. The van der Waals surface area contributed by atoms with Crippen LogP contribution in [-0.4, -0.2) is 24.0 Å². The van der Waals surface area contributed by atoms with Gasteiger partial charge in [-0.15, -0.1) is 0 Å². The second-order valence-corrected chi connectivity index (χ2v) is 7.92. The lowest BCUT2D eigenvalue weighted by Gasteiger charge is -2.38. The summed E-state index contributed by atoms with van der Waals surface area (Å²) in [5.74, 6) is -0.0449.